The van der Waals surface area contributed by atoms with Gasteiger partial charge in [0, 0.05) is 5.25 Å². The number of hydrogen-bond acceptors (Lipinski definition) is 4. The fourth-order valence-corrected chi connectivity index (χ4v) is 3.24. The molecule has 18 heavy (non-hydrogen) atoms. The summed E-state index contributed by atoms with van der Waals surface area (Å²) in [4.78, 5) is 4.54. The van der Waals surface area contributed by atoms with E-state index in [1.165, 1.54) is 25.7 Å². The van der Waals surface area contributed by atoms with E-state index >= 15 is 0 Å². The molecule has 4 heteroatoms. The molecule has 0 atom stereocenters. The van der Waals surface area contributed by atoms with Crippen LogP contribution < -0.4 is 10.5 Å². The summed E-state index contributed by atoms with van der Waals surface area (Å²) in [5, 5.41) is 1.74. The number of nitrogen functional groups attached to an aromatic ring is 1. The molecule has 1 aliphatic rings. The summed E-state index contributed by atoms with van der Waals surface area (Å²) in [6.07, 6.45) is 5.29. The van der Waals surface area contributed by atoms with Gasteiger partial charge in [-0.2, -0.15) is 0 Å². The fourth-order valence-electron chi connectivity index (χ4n) is 2.05. The van der Waals surface area contributed by atoms with Crippen molar-refractivity contribution >= 4 is 17.4 Å². The van der Waals surface area contributed by atoms with Crippen molar-refractivity contribution in [1.29, 1.82) is 0 Å². The Morgan fingerprint density at radius 3 is 2.56 bits per heavy atom. The lowest BCUT2D eigenvalue weighted by atomic mass is 10.2. The van der Waals surface area contributed by atoms with Crippen LogP contribution in [-0.4, -0.2) is 15.8 Å². The van der Waals surface area contributed by atoms with E-state index in [-0.39, 0.29) is 5.60 Å². The van der Waals surface area contributed by atoms with Gasteiger partial charge in [0.25, 0.3) is 0 Å². The Balaban J connectivity index is 2.10. The summed E-state index contributed by atoms with van der Waals surface area (Å²) >= 11 is 1.85. The average Bonchev–Trinajstić information content (AvgIpc) is 2.74. The Bertz CT molecular complexity index is 409. The highest BCUT2D eigenvalue weighted by Crippen LogP contribution is 2.35. The second-order valence-electron chi connectivity index (χ2n) is 5.78. The first-order valence-corrected chi connectivity index (χ1v) is 7.44. The van der Waals surface area contributed by atoms with Gasteiger partial charge >= 0.3 is 0 Å². The van der Waals surface area contributed by atoms with Crippen molar-refractivity contribution in [3.05, 3.63) is 12.1 Å². The number of ether oxygens (including phenoxy) is 1. The quantitative estimate of drug-likeness (QED) is 0.902. The molecule has 2 rings (SSSR count). The number of hydrogen-bond donors (Lipinski definition) is 1. The van der Waals surface area contributed by atoms with Crippen LogP contribution in [0, 0.1) is 0 Å². The molecule has 1 saturated carbocycles. The molecule has 0 bridgehead atoms. The van der Waals surface area contributed by atoms with E-state index in [0.717, 1.165) is 5.03 Å². The molecular weight excluding hydrogens is 244 g/mol. The summed E-state index contributed by atoms with van der Waals surface area (Å²) in [5.41, 5.74) is 6.25. The maximum Gasteiger partial charge on any atom is 0.238 e. The van der Waals surface area contributed by atoms with Gasteiger partial charge in [-0.1, -0.05) is 12.8 Å². The first kappa shape index (κ1) is 13.5. The van der Waals surface area contributed by atoms with Crippen LogP contribution >= 0.6 is 11.8 Å². The van der Waals surface area contributed by atoms with Crippen LogP contribution in [-0.2, 0) is 0 Å². The molecule has 0 aromatic carbocycles. The minimum atomic E-state index is -0.266. The Morgan fingerprint density at radius 2 is 1.94 bits per heavy atom. The van der Waals surface area contributed by atoms with E-state index in [1.54, 1.807) is 0 Å². The topological polar surface area (TPSA) is 48.1 Å². The highest BCUT2D eigenvalue weighted by atomic mass is 32.2. The Kier molecular flexibility index (Phi) is 4.05. The van der Waals surface area contributed by atoms with Gasteiger partial charge in [-0.05, 0) is 45.7 Å². The van der Waals surface area contributed by atoms with Gasteiger partial charge in [-0.15, -0.1) is 11.8 Å². The minimum absolute atomic E-state index is 0.266. The van der Waals surface area contributed by atoms with Gasteiger partial charge < -0.3 is 10.5 Å². The zero-order valence-electron chi connectivity index (χ0n) is 11.4. The molecule has 0 aliphatic heterocycles. The number of aromatic nitrogens is 1. The summed E-state index contributed by atoms with van der Waals surface area (Å²) in [6, 6.07) is 3.89. The number of nitrogens with two attached hydrogens (primary N) is 1. The van der Waals surface area contributed by atoms with Crippen LogP contribution in [0.3, 0.4) is 0 Å². The third kappa shape index (κ3) is 3.80. The molecule has 2 N–H and O–H groups in total. The first-order chi connectivity index (χ1) is 8.44. The molecule has 0 unspecified atom stereocenters. The zero-order valence-corrected chi connectivity index (χ0v) is 12.2. The molecule has 1 heterocycles. The standard InChI is InChI=1S/C14H22N2OS/c1-14(2,3)17-13-11(15)8-9-12(16-13)18-10-6-4-5-7-10/h8-10H,4-7,15H2,1-3H3. The van der Waals surface area contributed by atoms with E-state index < -0.39 is 0 Å². The molecular formula is C14H22N2OS. The van der Waals surface area contributed by atoms with E-state index in [9.17, 15) is 0 Å². The van der Waals surface area contributed by atoms with Crippen molar-refractivity contribution in [2.24, 2.45) is 0 Å². The normalized spacial score (nSPS) is 17.1. The van der Waals surface area contributed by atoms with Crippen molar-refractivity contribution < 1.29 is 4.74 Å². The smallest absolute Gasteiger partial charge is 0.238 e. The summed E-state index contributed by atoms with van der Waals surface area (Å²) in [6.45, 7) is 6.01. The van der Waals surface area contributed by atoms with Crippen LogP contribution in [0.4, 0.5) is 5.69 Å². The predicted molar refractivity (Wildman–Crippen MR) is 77.1 cm³/mol. The van der Waals surface area contributed by atoms with Crippen molar-refractivity contribution in [3.8, 4) is 5.88 Å². The molecule has 1 fully saturated rings. The third-order valence-electron chi connectivity index (χ3n) is 2.86. The molecule has 0 radical (unpaired) electrons. The summed E-state index contributed by atoms with van der Waals surface area (Å²) in [5.74, 6) is 0.561. The highest BCUT2D eigenvalue weighted by Gasteiger charge is 2.19. The van der Waals surface area contributed by atoms with Crippen LogP contribution in [0.15, 0.2) is 17.2 Å². The summed E-state index contributed by atoms with van der Waals surface area (Å²) in [7, 11) is 0. The lowest BCUT2D eigenvalue weighted by molar-refractivity contribution is 0.124. The van der Waals surface area contributed by atoms with Crippen LogP contribution in [0.25, 0.3) is 0 Å². The molecule has 0 amide bonds. The van der Waals surface area contributed by atoms with Gasteiger partial charge in [0.1, 0.15) is 10.6 Å². The monoisotopic (exact) mass is 266 g/mol. The molecule has 0 spiro atoms. The van der Waals surface area contributed by atoms with E-state index in [1.807, 2.05) is 44.7 Å². The van der Waals surface area contributed by atoms with Crippen molar-refractivity contribution in [2.45, 2.75) is 62.3 Å². The second kappa shape index (κ2) is 5.39. The Morgan fingerprint density at radius 1 is 1.28 bits per heavy atom. The number of anilines is 1. The lowest BCUT2D eigenvalue weighted by Crippen LogP contribution is -2.24. The summed E-state index contributed by atoms with van der Waals surface area (Å²) < 4.78 is 5.79. The highest BCUT2D eigenvalue weighted by molar-refractivity contribution is 7.99. The number of thioether (sulfide) groups is 1. The Hall–Kier alpha value is -0.900. The maximum atomic E-state index is 5.91. The third-order valence-corrected chi connectivity index (χ3v) is 4.13. The van der Waals surface area contributed by atoms with Gasteiger partial charge in [0.05, 0.1) is 5.69 Å². The van der Waals surface area contributed by atoms with Crippen LogP contribution in [0.5, 0.6) is 5.88 Å². The van der Waals surface area contributed by atoms with Gasteiger partial charge in [0.15, 0.2) is 0 Å². The maximum absolute atomic E-state index is 5.91. The minimum Gasteiger partial charge on any atom is -0.470 e. The zero-order chi connectivity index (χ0) is 13.2. The lowest BCUT2D eigenvalue weighted by Gasteiger charge is -2.21. The molecule has 1 aromatic rings. The van der Waals surface area contributed by atoms with E-state index in [0.29, 0.717) is 16.8 Å². The van der Waals surface area contributed by atoms with Gasteiger partial charge in [-0.25, -0.2) is 4.98 Å². The van der Waals surface area contributed by atoms with Gasteiger partial charge in [-0.3, -0.25) is 0 Å². The van der Waals surface area contributed by atoms with E-state index in [2.05, 4.69) is 4.98 Å². The fraction of sp³-hybridized carbons (Fsp3) is 0.643. The largest absolute Gasteiger partial charge is 0.470 e. The van der Waals surface area contributed by atoms with Crippen LogP contribution in [0.2, 0.25) is 0 Å². The Labute approximate surface area is 114 Å². The molecule has 100 valence electrons. The molecule has 0 saturated heterocycles. The second-order valence-corrected chi connectivity index (χ2v) is 7.10. The van der Waals surface area contributed by atoms with E-state index in [4.69, 9.17) is 10.5 Å². The average molecular weight is 266 g/mol. The SMILES string of the molecule is CC(C)(C)Oc1nc(SC2CCCC2)ccc1N. The first-order valence-electron chi connectivity index (χ1n) is 6.56. The number of nitrogens with zero attached hydrogens (tertiary/aromatic N) is 1. The number of pyridine rings is 1. The van der Waals surface area contributed by atoms with Crippen LogP contribution in [0.1, 0.15) is 46.5 Å². The number of rotatable bonds is 3. The van der Waals surface area contributed by atoms with Crippen molar-refractivity contribution in [1.82, 2.24) is 4.98 Å². The van der Waals surface area contributed by atoms with Crippen molar-refractivity contribution in [2.75, 3.05) is 5.73 Å². The van der Waals surface area contributed by atoms with Crippen molar-refractivity contribution in [3.63, 3.8) is 0 Å². The van der Waals surface area contributed by atoms with Gasteiger partial charge in [0.2, 0.25) is 5.88 Å². The molecule has 3 nitrogen and oxygen atoms in total. The predicted octanol–water partition coefficient (Wildman–Crippen LogP) is 3.88. The molecule has 1 aliphatic carbocycles. The molecule has 1 aromatic heterocycles.